The number of carbonyl (C=O) groups excluding carboxylic acids is 2. The predicted molar refractivity (Wildman–Crippen MR) is 97.2 cm³/mol. The van der Waals surface area contributed by atoms with Crippen LogP contribution >= 0.6 is 0 Å². The summed E-state index contributed by atoms with van der Waals surface area (Å²) in [5, 5.41) is 0. The number of aryl methyl sites for hydroxylation is 1. The van der Waals surface area contributed by atoms with E-state index in [-0.39, 0.29) is 24.9 Å². The van der Waals surface area contributed by atoms with Crippen LogP contribution in [-0.4, -0.2) is 80.0 Å². The second-order valence-corrected chi connectivity index (χ2v) is 6.59. The van der Waals surface area contributed by atoms with Crippen molar-refractivity contribution >= 4 is 11.8 Å². The van der Waals surface area contributed by atoms with Crippen LogP contribution in [0.5, 0.6) is 0 Å². The predicted octanol–water partition coefficient (Wildman–Crippen LogP) is 0.998. The van der Waals surface area contributed by atoms with Crippen molar-refractivity contribution in [3.8, 4) is 0 Å². The first-order valence-corrected chi connectivity index (χ1v) is 8.85. The lowest BCUT2D eigenvalue weighted by Crippen LogP contribution is -2.46. The van der Waals surface area contributed by atoms with E-state index in [0.29, 0.717) is 32.8 Å². The van der Waals surface area contributed by atoms with E-state index in [0.717, 1.165) is 12.0 Å². The Bertz CT molecular complexity index is 568. The first kappa shape index (κ1) is 19.4. The number of rotatable bonds is 7. The van der Waals surface area contributed by atoms with Crippen LogP contribution in [0, 0.1) is 0 Å². The van der Waals surface area contributed by atoms with Crippen LogP contribution in [-0.2, 0) is 27.3 Å². The number of likely N-dealkylation sites (N-methyl/N-ethyl adjacent to an activating group) is 2. The normalized spacial score (nSPS) is 14.6. The summed E-state index contributed by atoms with van der Waals surface area (Å²) in [7, 11) is 3.60. The molecule has 0 spiro atoms. The van der Waals surface area contributed by atoms with Crippen molar-refractivity contribution in [3.05, 3.63) is 35.4 Å². The van der Waals surface area contributed by atoms with E-state index >= 15 is 0 Å². The minimum atomic E-state index is 0.0110. The minimum Gasteiger partial charge on any atom is -0.378 e. The molecule has 0 bridgehead atoms. The molecule has 1 saturated heterocycles. The summed E-state index contributed by atoms with van der Waals surface area (Å²) in [6.07, 6.45) is 1.01. The second kappa shape index (κ2) is 9.53. The first-order valence-electron chi connectivity index (χ1n) is 8.85. The largest absolute Gasteiger partial charge is 0.378 e. The number of ether oxygens (including phenoxy) is 1. The van der Waals surface area contributed by atoms with Gasteiger partial charge >= 0.3 is 0 Å². The Labute approximate surface area is 150 Å². The van der Waals surface area contributed by atoms with Gasteiger partial charge in [-0.2, -0.15) is 0 Å². The van der Waals surface area contributed by atoms with Gasteiger partial charge in [-0.1, -0.05) is 31.2 Å². The average molecular weight is 347 g/mol. The lowest BCUT2D eigenvalue weighted by atomic mass is 10.1. The standard InChI is InChI=1S/C19H29N3O3/c1-4-16-5-7-17(8-6-16)13-21(3)18(23)14-20(2)15-19(24)22-9-11-25-12-10-22/h5-8H,4,9-15H2,1-3H3. The molecule has 1 fully saturated rings. The van der Waals surface area contributed by atoms with Crippen molar-refractivity contribution < 1.29 is 14.3 Å². The van der Waals surface area contributed by atoms with Gasteiger partial charge in [-0.05, 0) is 24.6 Å². The molecule has 0 N–H and O–H groups in total. The van der Waals surface area contributed by atoms with Gasteiger partial charge in [-0.3, -0.25) is 14.5 Å². The molecule has 1 aliphatic rings. The van der Waals surface area contributed by atoms with Crippen LogP contribution in [0.2, 0.25) is 0 Å². The molecular formula is C19H29N3O3. The molecular weight excluding hydrogens is 318 g/mol. The number of nitrogens with zero attached hydrogens (tertiary/aromatic N) is 3. The molecule has 2 amide bonds. The zero-order valence-corrected chi connectivity index (χ0v) is 15.5. The van der Waals surface area contributed by atoms with Gasteiger partial charge in [0.1, 0.15) is 0 Å². The summed E-state index contributed by atoms with van der Waals surface area (Å²) in [6, 6.07) is 8.32. The van der Waals surface area contributed by atoms with Crippen molar-refractivity contribution in [1.82, 2.24) is 14.7 Å². The van der Waals surface area contributed by atoms with Gasteiger partial charge in [0, 0.05) is 26.7 Å². The quantitative estimate of drug-likeness (QED) is 0.738. The Balaban J connectivity index is 1.77. The summed E-state index contributed by atoms with van der Waals surface area (Å²) in [6.45, 7) is 5.64. The van der Waals surface area contributed by atoms with Crippen LogP contribution in [0.25, 0.3) is 0 Å². The Kier molecular flexibility index (Phi) is 7.40. The van der Waals surface area contributed by atoms with Gasteiger partial charge in [0.05, 0.1) is 26.3 Å². The van der Waals surface area contributed by atoms with Crippen molar-refractivity contribution in [2.75, 3.05) is 53.5 Å². The summed E-state index contributed by atoms with van der Waals surface area (Å²) in [5.41, 5.74) is 2.40. The maximum Gasteiger partial charge on any atom is 0.236 e. The molecule has 0 aromatic heterocycles. The molecule has 138 valence electrons. The smallest absolute Gasteiger partial charge is 0.236 e. The Morgan fingerprint density at radius 2 is 1.64 bits per heavy atom. The zero-order valence-electron chi connectivity index (χ0n) is 15.5. The highest BCUT2D eigenvalue weighted by Gasteiger charge is 2.20. The Hall–Kier alpha value is -1.92. The molecule has 0 aliphatic carbocycles. The number of carbonyl (C=O) groups is 2. The van der Waals surface area contributed by atoms with Gasteiger partial charge in [-0.25, -0.2) is 0 Å². The maximum atomic E-state index is 12.4. The fourth-order valence-corrected chi connectivity index (χ4v) is 2.79. The highest BCUT2D eigenvalue weighted by molar-refractivity contribution is 5.81. The highest BCUT2D eigenvalue weighted by Crippen LogP contribution is 2.08. The summed E-state index contributed by atoms with van der Waals surface area (Å²) < 4.78 is 5.25. The van der Waals surface area contributed by atoms with Crippen molar-refractivity contribution in [3.63, 3.8) is 0 Å². The van der Waals surface area contributed by atoms with E-state index in [4.69, 9.17) is 4.74 Å². The van der Waals surface area contributed by atoms with Crippen LogP contribution in [0.3, 0.4) is 0 Å². The van der Waals surface area contributed by atoms with Gasteiger partial charge in [-0.15, -0.1) is 0 Å². The minimum absolute atomic E-state index is 0.0110. The van der Waals surface area contributed by atoms with Crippen LogP contribution in [0.15, 0.2) is 24.3 Å². The van der Waals surface area contributed by atoms with Gasteiger partial charge in [0.15, 0.2) is 0 Å². The lowest BCUT2D eigenvalue weighted by Gasteiger charge is -2.29. The van der Waals surface area contributed by atoms with E-state index in [1.165, 1.54) is 5.56 Å². The maximum absolute atomic E-state index is 12.4. The molecule has 1 aromatic carbocycles. The zero-order chi connectivity index (χ0) is 18.2. The van der Waals surface area contributed by atoms with Crippen molar-refractivity contribution in [2.45, 2.75) is 19.9 Å². The molecule has 0 atom stereocenters. The third kappa shape index (κ3) is 6.14. The van der Waals surface area contributed by atoms with E-state index < -0.39 is 0 Å². The highest BCUT2D eigenvalue weighted by atomic mass is 16.5. The van der Waals surface area contributed by atoms with E-state index in [2.05, 4.69) is 31.2 Å². The van der Waals surface area contributed by atoms with Crippen molar-refractivity contribution in [1.29, 1.82) is 0 Å². The van der Waals surface area contributed by atoms with Crippen LogP contribution in [0.1, 0.15) is 18.1 Å². The summed E-state index contributed by atoms with van der Waals surface area (Å²) in [4.78, 5) is 29.9. The molecule has 25 heavy (non-hydrogen) atoms. The number of hydrogen-bond acceptors (Lipinski definition) is 4. The topological polar surface area (TPSA) is 53.1 Å². The van der Waals surface area contributed by atoms with Gasteiger partial charge in [0.25, 0.3) is 0 Å². The third-order valence-electron chi connectivity index (χ3n) is 4.45. The number of benzene rings is 1. The van der Waals surface area contributed by atoms with Gasteiger partial charge in [0.2, 0.25) is 11.8 Å². The van der Waals surface area contributed by atoms with Crippen molar-refractivity contribution in [2.24, 2.45) is 0 Å². The molecule has 2 rings (SSSR count). The van der Waals surface area contributed by atoms with E-state index in [1.807, 2.05) is 0 Å². The molecule has 6 heteroatoms. The van der Waals surface area contributed by atoms with Crippen LogP contribution in [0.4, 0.5) is 0 Å². The molecule has 0 radical (unpaired) electrons. The monoisotopic (exact) mass is 347 g/mol. The first-order chi connectivity index (χ1) is 12.0. The molecule has 0 saturated carbocycles. The third-order valence-corrected chi connectivity index (χ3v) is 4.45. The number of morpholine rings is 1. The Morgan fingerprint density at radius 1 is 1.04 bits per heavy atom. The van der Waals surface area contributed by atoms with E-state index in [9.17, 15) is 9.59 Å². The fourth-order valence-electron chi connectivity index (χ4n) is 2.79. The molecule has 1 aliphatic heterocycles. The summed E-state index contributed by atoms with van der Waals surface area (Å²) in [5.74, 6) is 0.0632. The van der Waals surface area contributed by atoms with E-state index in [1.54, 1.807) is 28.8 Å². The van der Waals surface area contributed by atoms with Crippen LogP contribution < -0.4 is 0 Å². The molecule has 1 aromatic rings. The summed E-state index contributed by atoms with van der Waals surface area (Å²) >= 11 is 0. The lowest BCUT2D eigenvalue weighted by molar-refractivity contribution is -0.137. The fraction of sp³-hybridized carbons (Fsp3) is 0.579. The molecule has 1 heterocycles. The molecule has 0 unspecified atom stereocenters. The SMILES string of the molecule is CCc1ccc(CN(C)C(=O)CN(C)CC(=O)N2CCOCC2)cc1. The average Bonchev–Trinajstić information content (AvgIpc) is 2.62. The molecule has 6 nitrogen and oxygen atoms in total. The second-order valence-electron chi connectivity index (χ2n) is 6.59. The Morgan fingerprint density at radius 3 is 2.24 bits per heavy atom. The number of amides is 2. The number of hydrogen-bond donors (Lipinski definition) is 0. The van der Waals surface area contributed by atoms with Gasteiger partial charge < -0.3 is 14.5 Å².